The van der Waals surface area contributed by atoms with Crippen LogP contribution in [0.3, 0.4) is 0 Å². The maximum Gasteiger partial charge on any atom is 0.411 e. The van der Waals surface area contributed by atoms with Gasteiger partial charge in [-0.05, 0) is 83.0 Å². The SMILES string of the molecule is CN1CC2CCN(c3ccc(CC(C#N)NC(=O)C4C5CCC(C5)N4C(=O)OC(C)(C)C)c(F)c3)C2C1. The monoisotopic (exact) mass is 511 g/mol. The summed E-state index contributed by atoms with van der Waals surface area (Å²) in [7, 11) is 2.12. The van der Waals surface area contributed by atoms with E-state index in [1.807, 2.05) is 6.07 Å². The Kier molecular flexibility index (Phi) is 6.82. The van der Waals surface area contributed by atoms with Crippen molar-refractivity contribution in [1.29, 1.82) is 5.26 Å². The number of likely N-dealkylation sites (N-methyl/N-ethyl adjacent to an activating group) is 1. The second kappa shape index (κ2) is 9.79. The van der Waals surface area contributed by atoms with E-state index < -0.39 is 23.8 Å². The minimum absolute atomic E-state index is 0.0223. The summed E-state index contributed by atoms with van der Waals surface area (Å²) >= 11 is 0. The molecule has 2 amide bonds. The second-order valence-corrected chi connectivity index (χ2v) is 12.3. The molecular weight excluding hydrogens is 473 g/mol. The number of ether oxygens (including phenoxy) is 1. The van der Waals surface area contributed by atoms with E-state index in [2.05, 4.69) is 28.2 Å². The topological polar surface area (TPSA) is 88.9 Å². The third kappa shape index (κ3) is 5.13. The summed E-state index contributed by atoms with van der Waals surface area (Å²) in [5, 5.41) is 12.6. The van der Waals surface area contributed by atoms with Crippen molar-refractivity contribution in [3.8, 4) is 6.07 Å². The van der Waals surface area contributed by atoms with Crippen molar-refractivity contribution < 1.29 is 18.7 Å². The zero-order valence-electron chi connectivity index (χ0n) is 22.2. The summed E-state index contributed by atoms with van der Waals surface area (Å²) in [4.78, 5) is 32.4. The van der Waals surface area contributed by atoms with Gasteiger partial charge >= 0.3 is 6.09 Å². The fourth-order valence-corrected chi connectivity index (χ4v) is 6.88. The van der Waals surface area contributed by atoms with Crippen LogP contribution >= 0.6 is 0 Å². The Morgan fingerprint density at radius 3 is 2.70 bits per heavy atom. The van der Waals surface area contributed by atoms with Crippen LogP contribution in [0.5, 0.6) is 0 Å². The Labute approximate surface area is 218 Å². The predicted octanol–water partition coefficient (Wildman–Crippen LogP) is 3.30. The Morgan fingerprint density at radius 2 is 2.00 bits per heavy atom. The molecule has 1 saturated carbocycles. The molecule has 8 nitrogen and oxygen atoms in total. The number of rotatable bonds is 5. The highest BCUT2D eigenvalue weighted by molar-refractivity contribution is 5.87. The van der Waals surface area contributed by atoms with Crippen LogP contribution in [0.15, 0.2) is 18.2 Å². The number of piperidine rings is 1. The molecule has 6 unspecified atom stereocenters. The van der Waals surface area contributed by atoms with Crippen molar-refractivity contribution in [3.63, 3.8) is 0 Å². The van der Waals surface area contributed by atoms with Gasteiger partial charge in [0.05, 0.1) is 6.07 Å². The highest BCUT2D eigenvalue weighted by Gasteiger charge is 2.52. The number of amides is 2. The summed E-state index contributed by atoms with van der Waals surface area (Å²) in [5.74, 6) is -0.0592. The van der Waals surface area contributed by atoms with E-state index in [1.54, 1.807) is 37.8 Å². The van der Waals surface area contributed by atoms with Crippen molar-refractivity contribution in [1.82, 2.24) is 15.1 Å². The van der Waals surface area contributed by atoms with Crippen molar-refractivity contribution in [3.05, 3.63) is 29.6 Å². The smallest absolute Gasteiger partial charge is 0.411 e. The van der Waals surface area contributed by atoms with Gasteiger partial charge < -0.3 is 19.9 Å². The number of carbonyl (C=O) groups is 2. The van der Waals surface area contributed by atoms with Gasteiger partial charge in [0.15, 0.2) is 0 Å². The predicted molar refractivity (Wildman–Crippen MR) is 137 cm³/mol. The van der Waals surface area contributed by atoms with Gasteiger partial charge in [0.1, 0.15) is 23.5 Å². The molecule has 2 bridgehead atoms. The lowest BCUT2D eigenvalue weighted by Crippen LogP contribution is -2.55. The Bertz CT molecular complexity index is 1100. The van der Waals surface area contributed by atoms with Crippen molar-refractivity contribution in [2.45, 2.75) is 82.6 Å². The molecule has 6 atom stereocenters. The molecule has 9 heteroatoms. The quantitative estimate of drug-likeness (QED) is 0.653. The van der Waals surface area contributed by atoms with E-state index in [0.717, 1.165) is 51.0 Å². The molecule has 0 spiro atoms. The highest BCUT2D eigenvalue weighted by atomic mass is 19.1. The normalized spacial score (nSPS) is 29.8. The van der Waals surface area contributed by atoms with Crippen LogP contribution in [0.25, 0.3) is 0 Å². The first-order chi connectivity index (χ1) is 17.5. The van der Waals surface area contributed by atoms with Crippen LogP contribution in [-0.2, 0) is 16.0 Å². The Morgan fingerprint density at radius 1 is 1.22 bits per heavy atom. The number of nitriles is 1. The number of fused-ring (bicyclic) bond motifs is 3. The Hall–Kier alpha value is -2.86. The minimum atomic E-state index is -0.896. The average Bonchev–Trinajstić information content (AvgIpc) is 3.59. The molecule has 1 aliphatic carbocycles. The van der Waals surface area contributed by atoms with E-state index in [-0.39, 0.29) is 30.1 Å². The molecule has 1 aromatic carbocycles. The number of nitrogens with one attached hydrogen (secondary N) is 1. The van der Waals surface area contributed by atoms with Crippen LogP contribution < -0.4 is 10.2 Å². The fourth-order valence-electron chi connectivity index (χ4n) is 6.88. The van der Waals surface area contributed by atoms with Crippen LogP contribution in [0, 0.1) is 29.0 Å². The third-order valence-corrected chi connectivity index (χ3v) is 8.45. The number of anilines is 1. The number of halogens is 1. The van der Waals surface area contributed by atoms with Gasteiger partial charge in [-0.1, -0.05) is 6.07 Å². The molecule has 3 aliphatic heterocycles. The lowest BCUT2D eigenvalue weighted by atomic mass is 9.97. The summed E-state index contributed by atoms with van der Waals surface area (Å²) in [5.41, 5.74) is 0.603. The number of carbonyl (C=O) groups excluding carboxylic acids is 2. The Balaban J connectivity index is 1.25. The summed E-state index contributed by atoms with van der Waals surface area (Å²) in [6, 6.07) is 6.17. The summed E-state index contributed by atoms with van der Waals surface area (Å²) < 4.78 is 20.7. The standard InChI is InChI=1S/C28H38FN5O3/c1-28(2,3)37-27(36)34-22-8-6-18(12-22)25(34)26(35)31-20(14-30)11-17-5-7-21(13-23(17)29)33-10-9-19-15-32(4)16-24(19)33/h5,7,13,18-20,22,24-25H,6,8-12,15-16H2,1-4H3,(H,31,35). The minimum Gasteiger partial charge on any atom is -0.444 e. The van der Waals surface area contributed by atoms with Gasteiger partial charge in [-0.2, -0.15) is 5.26 Å². The zero-order chi connectivity index (χ0) is 26.5. The zero-order valence-corrected chi connectivity index (χ0v) is 22.2. The molecule has 3 saturated heterocycles. The van der Waals surface area contributed by atoms with Crippen LogP contribution in [0.4, 0.5) is 14.9 Å². The molecule has 4 fully saturated rings. The molecule has 1 N–H and O–H groups in total. The maximum absolute atomic E-state index is 15.2. The highest BCUT2D eigenvalue weighted by Crippen LogP contribution is 2.43. The number of benzene rings is 1. The molecule has 0 aromatic heterocycles. The maximum atomic E-state index is 15.2. The second-order valence-electron chi connectivity index (χ2n) is 12.3. The lowest BCUT2D eigenvalue weighted by molar-refractivity contribution is -0.128. The molecule has 1 aromatic rings. The van der Waals surface area contributed by atoms with Gasteiger partial charge in [0.25, 0.3) is 0 Å². The van der Waals surface area contributed by atoms with E-state index in [1.165, 1.54) is 0 Å². The fraction of sp³-hybridized carbons (Fsp3) is 0.679. The first kappa shape index (κ1) is 25.8. The molecule has 4 aliphatic rings. The van der Waals surface area contributed by atoms with Crippen molar-refractivity contribution >= 4 is 17.7 Å². The lowest BCUT2D eigenvalue weighted by Gasteiger charge is -2.35. The van der Waals surface area contributed by atoms with E-state index in [0.29, 0.717) is 17.5 Å². The largest absolute Gasteiger partial charge is 0.444 e. The molecule has 0 radical (unpaired) electrons. The number of hydrogen-bond donors (Lipinski definition) is 1. The van der Waals surface area contributed by atoms with E-state index >= 15 is 4.39 Å². The van der Waals surface area contributed by atoms with Crippen LogP contribution in [-0.4, -0.2) is 78.3 Å². The number of hydrogen-bond acceptors (Lipinski definition) is 6. The molecule has 37 heavy (non-hydrogen) atoms. The van der Waals surface area contributed by atoms with Gasteiger partial charge in [0, 0.05) is 43.8 Å². The van der Waals surface area contributed by atoms with Crippen molar-refractivity contribution in [2.75, 3.05) is 31.6 Å². The van der Waals surface area contributed by atoms with E-state index in [9.17, 15) is 14.9 Å². The molecule has 200 valence electrons. The van der Waals surface area contributed by atoms with Gasteiger partial charge in [-0.15, -0.1) is 0 Å². The van der Waals surface area contributed by atoms with Crippen LogP contribution in [0.2, 0.25) is 0 Å². The summed E-state index contributed by atoms with van der Waals surface area (Å²) in [6.07, 6.45) is 3.16. The first-order valence-corrected chi connectivity index (χ1v) is 13.5. The van der Waals surface area contributed by atoms with Gasteiger partial charge in [0.2, 0.25) is 5.91 Å². The summed E-state index contributed by atoms with van der Waals surface area (Å²) in [6.45, 7) is 8.39. The van der Waals surface area contributed by atoms with E-state index in [4.69, 9.17) is 4.74 Å². The molecule has 3 heterocycles. The molecular formula is C28H38FN5O3. The van der Waals surface area contributed by atoms with Crippen LogP contribution in [0.1, 0.15) is 52.0 Å². The number of nitrogens with zero attached hydrogens (tertiary/aromatic N) is 4. The van der Waals surface area contributed by atoms with Gasteiger partial charge in [-0.25, -0.2) is 9.18 Å². The number of likely N-dealkylation sites (tertiary alicyclic amines) is 2. The average molecular weight is 512 g/mol. The van der Waals surface area contributed by atoms with Gasteiger partial charge in [-0.3, -0.25) is 9.69 Å². The third-order valence-electron chi connectivity index (χ3n) is 8.45. The van der Waals surface area contributed by atoms with Crippen molar-refractivity contribution in [2.24, 2.45) is 11.8 Å². The first-order valence-electron chi connectivity index (χ1n) is 13.5. The molecule has 5 rings (SSSR count).